The maximum Gasteiger partial charge on any atom is 0.225 e. The number of allylic oxidation sites excluding steroid dienone is 2. The van der Waals surface area contributed by atoms with Crippen LogP contribution in [-0.2, 0) is 17.9 Å². The zero-order chi connectivity index (χ0) is 27.1. The van der Waals surface area contributed by atoms with Crippen LogP contribution >= 0.6 is 11.6 Å². The third kappa shape index (κ3) is 6.69. The lowest BCUT2D eigenvalue weighted by Gasteiger charge is -2.25. The van der Waals surface area contributed by atoms with Gasteiger partial charge in [0.15, 0.2) is 0 Å². The van der Waals surface area contributed by atoms with Gasteiger partial charge in [-0.05, 0) is 37.1 Å². The van der Waals surface area contributed by atoms with Gasteiger partial charge in [-0.1, -0.05) is 57.2 Å². The van der Waals surface area contributed by atoms with Crippen LogP contribution in [0, 0.1) is 12.8 Å². The van der Waals surface area contributed by atoms with E-state index in [1.54, 1.807) is 18.5 Å². The maximum atomic E-state index is 12.8. The number of benzene rings is 1. The number of ether oxygens (including phenoxy) is 1. The first-order valence-electron chi connectivity index (χ1n) is 12.6. The summed E-state index contributed by atoms with van der Waals surface area (Å²) < 4.78 is 6.36. The van der Waals surface area contributed by atoms with Crippen molar-refractivity contribution in [2.75, 3.05) is 20.6 Å². The first-order valence-corrected chi connectivity index (χ1v) is 13.0. The molecule has 6 nitrogen and oxygen atoms in total. The lowest BCUT2D eigenvalue weighted by atomic mass is 10.0. The quantitative estimate of drug-likeness (QED) is 0.265. The monoisotopic (exact) mass is 520 g/mol. The third-order valence-corrected chi connectivity index (χ3v) is 6.42. The molecule has 0 atom stereocenters. The molecule has 0 saturated carbocycles. The van der Waals surface area contributed by atoms with E-state index in [-0.39, 0.29) is 18.4 Å². The molecule has 0 aliphatic carbocycles. The van der Waals surface area contributed by atoms with Gasteiger partial charge in [0.05, 0.1) is 5.02 Å². The van der Waals surface area contributed by atoms with Gasteiger partial charge in [-0.3, -0.25) is 9.78 Å². The average Bonchev–Trinajstić information content (AvgIpc) is 2.85. The highest BCUT2D eigenvalue weighted by molar-refractivity contribution is 6.31. The van der Waals surface area contributed by atoms with Crippen LogP contribution in [0.15, 0.2) is 55.4 Å². The number of fused-ring (bicyclic) bond motifs is 1. The zero-order valence-electron chi connectivity index (χ0n) is 22.7. The van der Waals surface area contributed by atoms with Gasteiger partial charge >= 0.3 is 0 Å². The van der Waals surface area contributed by atoms with Crippen molar-refractivity contribution in [2.45, 2.75) is 47.3 Å². The molecule has 7 heteroatoms. The maximum absolute atomic E-state index is 12.8. The highest BCUT2D eigenvalue weighted by Crippen LogP contribution is 2.33. The van der Waals surface area contributed by atoms with Gasteiger partial charge < -0.3 is 14.5 Å². The third-order valence-electron chi connectivity index (χ3n) is 6.09. The summed E-state index contributed by atoms with van der Waals surface area (Å²) in [6.07, 6.45) is 8.04. The number of para-hydroxylation sites is 1. The molecule has 0 radical (unpaired) electrons. The molecule has 1 amide bonds. The van der Waals surface area contributed by atoms with Gasteiger partial charge in [0, 0.05) is 73.4 Å². The van der Waals surface area contributed by atoms with Crippen molar-refractivity contribution in [3.05, 3.63) is 82.8 Å². The van der Waals surface area contributed by atoms with Crippen LogP contribution in [0.4, 0.5) is 0 Å². The summed E-state index contributed by atoms with van der Waals surface area (Å²) in [5, 5.41) is 1.50. The number of carbonyl (C=O) groups excluding carboxylic acids is 1. The van der Waals surface area contributed by atoms with Crippen LogP contribution in [0.25, 0.3) is 16.6 Å². The minimum absolute atomic E-state index is 0.0835. The number of aromatic nitrogens is 2. The Morgan fingerprint density at radius 1 is 1.24 bits per heavy atom. The Hall–Kier alpha value is -3.38. The largest absolute Gasteiger partial charge is 0.487 e. The van der Waals surface area contributed by atoms with Crippen LogP contribution < -0.4 is 4.74 Å². The molecule has 0 unspecified atom stereocenters. The molecule has 0 aliphatic rings. The first-order chi connectivity index (χ1) is 17.7. The average molecular weight is 521 g/mol. The fraction of sp³-hybridized carbons (Fsp3) is 0.367. The number of amides is 1. The Balaban J connectivity index is 1.99. The smallest absolute Gasteiger partial charge is 0.225 e. The van der Waals surface area contributed by atoms with Gasteiger partial charge in [-0.15, -0.1) is 0 Å². The van der Waals surface area contributed by atoms with Gasteiger partial charge in [-0.2, -0.15) is 0 Å². The molecule has 2 aromatic heterocycles. The number of aryl methyl sites for hydroxylation is 1. The Morgan fingerprint density at radius 2 is 2.00 bits per heavy atom. The van der Waals surface area contributed by atoms with Crippen LogP contribution in [0.1, 0.15) is 49.6 Å². The zero-order valence-corrected chi connectivity index (χ0v) is 23.5. The van der Waals surface area contributed by atoms with E-state index in [2.05, 4.69) is 35.5 Å². The molecule has 0 spiro atoms. The molecule has 196 valence electrons. The van der Waals surface area contributed by atoms with Crippen LogP contribution in [0.3, 0.4) is 0 Å². The van der Waals surface area contributed by atoms with Gasteiger partial charge in [0.25, 0.3) is 0 Å². The molecule has 0 bridgehead atoms. The molecule has 3 aromatic rings. The predicted octanol–water partition coefficient (Wildman–Crippen LogP) is 6.65. The summed E-state index contributed by atoms with van der Waals surface area (Å²) in [4.78, 5) is 25.8. The van der Waals surface area contributed by atoms with Crippen molar-refractivity contribution in [2.24, 2.45) is 5.92 Å². The van der Waals surface area contributed by atoms with Crippen LogP contribution in [-0.4, -0.2) is 46.3 Å². The van der Waals surface area contributed by atoms with E-state index >= 15 is 0 Å². The second-order valence-corrected chi connectivity index (χ2v) is 10.0. The highest BCUT2D eigenvalue weighted by atomic mass is 35.5. The van der Waals surface area contributed by atoms with E-state index in [1.807, 2.05) is 58.0 Å². The van der Waals surface area contributed by atoms with Crippen molar-refractivity contribution in [3.63, 3.8) is 0 Å². The van der Waals surface area contributed by atoms with E-state index in [0.29, 0.717) is 23.9 Å². The Morgan fingerprint density at radius 3 is 2.65 bits per heavy atom. The molecule has 0 N–H and O–H groups in total. The van der Waals surface area contributed by atoms with Crippen LogP contribution in [0.5, 0.6) is 5.75 Å². The number of hydrogen-bond donors (Lipinski definition) is 0. The van der Waals surface area contributed by atoms with E-state index in [4.69, 9.17) is 21.3 Å². The van der Waals surface area contributed by atoms with Crippen molar-refractivity contribution < 1.29 is 9.53 Å². The van der Waals surface area contributed by atoms with Crippen molar-refractivity contribution in [1.29, 1.82) is 0 Å². The topological polar surface area (TPSA) is 58.6 Å². The van der Waals surface area contributed by atoms with Gasteiger partial charge in [0.1, 0.15) is 17.9 Å². The highest BCUT2D eigenvalue weighted by Gasteiger charge is 2.20. The lowest BCUT2D eigenvalue weighted by molar-refractivity contribution is -0.135. The Labute approximate surface area is 225 Å². The van der Waals surface area contributed by atoms with Crippen LogP contribution in [0.2, 0.25) is 5.02 Å². The summed E-state index contributed by atoms with van der Waals surface area (Å²) in [5.41, 5.74) is 5.46. The molecule has 37 heavy (non-hydrogen) atoms. The van der Waals surface area contributed by atoms with E-state index in [1.165, 1.54) is 0 Å². The number of rotatable bonds is 11. The molecule has 0 aliphatic heterocycles. The standard InChI is InChI=1S/C30H37ClN4O2/c1-8-11-27(34(6)7)24-15-21(5)33-29-23(24)12-10-13-28(29)37-19-25-22(16-32-17-26(25)31)18-35(14-9-2)30(36)20(3)4/h8,10-13,15-17,20H,1,9,14,18-19H2,2-7H3/b27-11-. The summed E-state index contributed by atoms with van der Waals surface area (Å²) in [6.45, 7) is 13.1. The second kappa shape index (κ2) is 12.7. The molecule has 2 heterocycles. The summed E-state index contributed by atoms with van der Waals surface area (Å²) >= 11 is 6.59. The minimum Gasteiger partial charge on any atom is -0.487 e. The van der Waals surface area contributed by atoms with Crippen molar-refractivity contribution in [3.8, 4) is 5.75 Å². The molecule has 3 rings (SSSR count). The van der Waals surface area contributed by atoms with Crippen molar-refractivity contribution in [1.82, 2.24) is 19.8 Å². The van der Waals surface area contributed by atoms with E-state index < -0.39 is 0 Å². The number of pyridine rings is 2. The summed E-state index contributed by atoms with van der Waals surface area (Å²) in [5.74, 6) is 0.695. The number of carbonyl (C=O) groups is 1. The minimum atomic E-state index is -0.0835. The molecule has 0 fully saturated rings. The normalized spacial score (nSPS) is 11.6. The first kappa shape index (κ1) is 28.2. The van der Waals surface area contributed by atoms with Gasteiger partial charge in [-0.25, -0.2) is 4.98 Å². The van der Waals surface area contributed by atoms with E-state index in [9.17, 15) is 4.79 Å². The predicted molar refractivity (Wildman–Crippen MR) is 152 cm³/mol. The molecular formula is C30H37ClN4O2. The van der Waals surface area contributed by atoms with E-state index in [0.717, 1.165) is 45.4 Å². The summed E-state index contributed by atoms with van der Waals surface area (Å²) in [6, 6.07) is 8.02. The lowest BCUT2D eigenvalue weighted by Crippen LogP contribution is -2.34. The number of hydrogen-bond acceptors (Lipinski definition) is 5. The number of halogens is 1. The molecule has 0 saturated heterocycles. The molecular weight excluding hydrogens is 484 g/mol. The molecule has 1 aromatic carbocycles. The second-order valence-electron chi connectivity index (χ2n) is 9.61. The SMILES string of the molecule is C=C/C=C(/c1cc(C)nc2c(OCc3c(Cl)cncc3CN(CCC)C(=O)C(C)C)cccc12)N(C)C. The number of nitrogens with zero attached hydrogens (tertiary/aromatic N) is 4. The van der Waals surface area contributed by atoms with Gasteiger partial charge in [0.2, 0.25) is 5.91 Å². The fourth-order valence-corrected chi connectivity index (χ4v) is 4.56. The summed E-state index contributed by atoms with van der Waals surface area (Å²) in [7, 11) is 4.02. The van der Waals surface area contributed by atoms with Crippen molar-refractivity contribution >= 4 is 34.1 Å². The Kier molecular flexibility index (Phi) is 9.70. The fourth-order valence-electron chi connectivity index (χ4n) is 4.33. The Bertz CT molecular complexity index is 1300.